The number of carbonyl (C=O) groups is 4. The molecule has 2 aliphatic heterocycles. The molecule has 2 aliphatic rings. The maximum absolute atomic E-state index is 11.6. The van der Waals surface area contributed by atoms with E-state index in [0.29, 0.717) is 37.2 Å². The van der Waals surface area contributed by atoms with E-state index in [1.807, 2.05) is 0 Å². The maximum atomic E-state index is 11.6. The molecular formula is C24H26O8. The predicted molar refractivity (Wildman–Crippen MR) is 115 cm³/mol. The van der Waals surface area contributed by atoms with Crippen molar-refractivity contribution >= 4 is 23.9 Å². The summed E-state index contributed by atoms with van der Waals surface area (Å²) >= 11 is 0. The summed E-state index contributed by atoms with van der Waals surface area (Å²) in [5, 5.41) is 8.77. The van der Waals surface area contributed by atoms with Gasteiger partial charge in [0.05, 0.1) is 35.5 Å². The second kappa shape index (κ2) is 11.1. The van der Waals surface area contributed by atoms with E-state index in [1.54, 1.807) is 45.0 Å². The summed E-state index contributed by atoms with van der Waals surface area (Å²) in [6.07, 6.45) is 1.41. The fourth-order valence-electron chi connectivity index (χ4n) is 2.56. The van der Waals surface area contributed by atoms with E-state index in [1.165, 1.54) is 24.3 Å². The second-order valence-corrected chi connectivity index (χ2v) is 7.94. The number of hydrogen-bond donors (Lipinski definition) is 1. The van der Waals surface area contributed by atoms with Crippen molar-refractivity contribution in [3.05, 3.63) is 70.8 Å². The molecular weight excluding hydrogens is 416 g/mol. The van der Waals surface area contributed by atoms with Crippen LogP contribution in [0.3, 0.4) is 0 Å². The Balaban J connectivity index is 0.000000227. The Morgan fingerprint density at radius 2 is 1.31 bits per heavy atom. The van der Waals surface area contributed by atoms with E-state index < -0.39 is 17.5 Å². The molecule has 1 N–H and O–H groups in total. The van der Waals surface area contributed by atoms with Crippen molar-refractivity contribution in [1.29, 1.82) is 0 Å². The summed E-state index contributed by atoms with van der Waals surface area (Å²) in [5.74, 6) is -2.28. The summed E-state index contributed by atoms with van der Waals surface area (Å²) in [5.41, 5.74) is 0.642. The van der Waals surface area contributed by atoms with Gasteiger partial charge in [-0.1, -0.05) is 6.07 Å². The molecule has 8 heteroatoms. The van der Waals surface area contributed by atoms with Crippen LogP contribution >= 0.6 is 0 Å². The Kier molecular flexibility index (Phi) is 8.52. The van der Waals surface area contributed by atoms with Gasteiger partial charge in [0.1, 0.15) is 5.60 Å². The molecule has 0 aromatic heterocycles. The summed E-state index contributed by atoms with van der Waals surface area (Å²) < 4.78 is 15.2. The van der Waals surface area contributed by atoms with Crippen molar-refractivity contribution in [2.45, 2.75) is 39.2 Å². The van der Waals surface area contributed by atoms with Crippen LogP contribution in [0, 0.1) is 0 Å². The summed E-state index contributed by atoms with van der Waals surface area (Å²) in [6, 6.07) is 12.1. The van der Waals surface area contributed by atoms with Crippen LogP contribution < -0.4 is 0 Å². The zero-order valence-electron chi connectivity index (χ0n) is 18.3. The first-order chi connectivity index (χ1) is 15.1. The highest BCUT2D eigenvalue weighted by Crippen LogP contribution is 2.13. The molecule has 0 aliphatic carbocycles. The van der Waals surface area contributed by atoms with Gasteiger partial charge in [-0.15, -0.1) is 0 Å². The maximum Gasteiger partial charge on any atom is 0.338 e. The molecule has 0 saturated heterocycles. The van der Waals surface area contributed by atoms with E-state index in [-0.39, 0.29) is 23.1 Å². The second-order valence-electron chi connectivity index (χ2n) is 7.94. The van der Waals surface area contributed by atoms with Crippen molar-refractivity contribution < 1.29 is 38.5 Å². The zero-order chi connectivity index (χ0) is 23.7. The monoisotopic (exact) mass is 442 g/mol. The van der Waals surface area contributed by atoms with Crippen molar-refractivity contribution in [1.82, 2.24) is 0 Å². The van der Waals surface area contributed by atoms with Crippen molar-refractivity contribution in [2.75, 3.05) is 13.2 Å². The first-order valence-electron chi connectivity index (χ1n) is 10.1. The highest BCUT2D eigenvalue weighted by atomic mass is 16.6. The molecule has 4 rings (SSSR count). The summed E-state index contributed by atoms with van der Waals surface area (Å²) in [6.45, 7) is 5.99. The Hall–Kier alpha value is -3.68. The van der Waals surface area contributed by atoms with Gasteiger partial charge in [0.25, 0.3) is 0 Å². The average molecular weight is 442 g/mol. The third-order valence-electron chi connectivity index (χ3n) is 4.11. The van der Waals surface area contributed by atoms with Crippen LogP contribution in [0.15, 0.2) is 48.5 Å². The number of carboxylic acid groups (broad SMARTS) is 1. The Labute approximate surface area is 186 Å². The highest BCUT2D eigenvalue weighted by Gasteiger charge is 2.18. The molecule has 8 nitrogen and oxygen atoms in total. The first kappa shape index (κ1) is 24.6. The van der Waals surface area contributed by atoms with Crippen LogP contribution in [-0.4, -0.2) is 47.8 Å². The molecule has 0 atom stereocenters. The SMILES string of the molecule is CC(C)(C)OC(=O)c1cccc(C(=O)O)c1.O=C1OCCCCOC(=O)c2ccc1cc2. The van der Waals surface area contributed by atoms with Gasteiger partial charge in [0, 0.05) is 0 Å². The van der Waals surface area contributed by atoms with E-state index in [9.17, 15) is 19.2 Å². The summed E-state index contributed by atoms with van der Waals surface area (Å²) in [4.78, 5) is 45.3. The van der Waals surface area contributed by atoms with Gasteiger partial charge in [-0.25, -0.2) is 19.2 Å². The minimum atomic E-state index is -1.06. The van der Waals surface area contributed by atoms with Gasteiger partial charge in [0.2, 0.25) is 0 Å². The third-order valence-corrected chi connectivity index (χ3v) is 4.11. The lowest BCUT2D eigenvalue weighted by molar-refractivity contribution is 0.00690. The number of carbonyl (C=O) groups excluding carboxylic acids is 3. The van der Waals surface area contributed by atoms with Gasteiger partial charge < -0.3 is 19.3 Å². The average Bonchev–Trinajstić information content (AvgIpc) is 2.74. The third kappa shape index (κ3) is 7.86. The molecule has 0 amide bonds. The molecule has 32 heavy (non-hydrogen) atoms. The molecule has 0 saturated carbocycles. The van der Waals surface area contributed by atoms with Crippen LogP contribution in [0.4, 0.5) is 0 Å². The van der Waals surface area contributed by atoms with Crippen LogP contribution in [0.25, 0.3) is 0 Å². The van der Waals surface area contributed by atoms with Crippen LogP contribution in [0.5, 0.6) is 0 Å². The number of rotatable bonds is 2. The standard InChI is InChI=1S/C12H12O4.C12H14O4/c13-11-9-3-5-10(6-4-9)12(14)16-8-2-1-7-15-11;1-12(2,3)16-11(15)9-6-4-5-8(7-9)10(13)14/h3-6H,1-2,7-8H2;4-7H,1-3H3,(H,13,14). The number of hydrogen-bond acceptors (Lipinski definition) is 7. The van der Waals surface area contributed by atoms with Gasteiger partial charge in [-0.2, -0.15) is 0 Å². The number of esters is 3. The topological polar surface area (TPSA) is 116 Å². The quantitative estimate of drug-likeness (QED) is 0.545. The molecule has 0 spiro atoms. The van der Waals surface area contributed by atoms with Crippen molar-refractivity contribution in [3.8, 4) is 0 Å². The molecule has 2 bridgehead atoms. The van der Waals surface area contributed by atoms with Crippen LogP contribution in [0.1, 0.15) is 75.0 Å². The number of fused-ring (bicyclic) bond motifs is 9. The lowest BCUT2D eigenvalue weighted by Crippen LogP contribution is -2.24. The van der Waals surface area contributed by atoms with Gasteiger partial charge in [-0.05, 0) is 76.1 Å². The molecule has 2 aromatic rings. The minimum absolute atomic E-state index is 0.0726. The Morgan fingerprint density at radius 1 is 0.844 bits per heavy atom. The van der Waals surface area contributed by atoms with Crippen LogP contribution in [-0.2, 0) is 14.2 Å². The molecule has 170 valence electrons. The number of carboxylic acids is 1. The minimum Gasteiger partial charge on any atom is -0.478 e. The Bertz CT molecular complexity index is 931. The van der Waals surface area contributed by atoms with Crippen molar-refractivity contribution in [2.24, 2.45) is 0 Å². The first-order valence-corrected chi connectivity index (χ1v) is 10.1. The molecule has 0 radical (unpaired) electrons. The lowest BCUT2D eigenvalue weighted by Gasteiger charge is -2.19. The van der Waals surface area contributed by atoms with Gasteiger partial charge in [0.15, 0.2) is 0 Å². The summed E-state index contributed by atoms with van der Waals surface area (Å²) in [7, 11) is 0. The van der Waals surface area contributed by atoms with Gasteiger partial charge in [-0.3, -0.25) is 0 Å². The van der Waals surface area contributed by atoms with Gasteiger partial charge >= 0.3 is 23.9 Å². The smallest absolute Gasteiger partial charge is 0.338 e. The van der Waals surface area contributed by atoms with E-state index in [4.69, 9.17) is 19.3 Å². The molecule has 0 unspecified atom stereocenters. The van der Waals surface area contributed by atoms with E-state index in [2.05, 4.69) is 0 Å². The lowest BCUT2D eigenvalue weighted by atomic mass is 10.1. The van der Waals surface area contributed by atoms with E-state index >= 15 is 0 Å². The molecule has 2 aromatic carbocycles. The number of aromatic carboxylic acids is 1. The van der Waals surface area contributed by atoms with Crippen LogP contribution in [0.2, 0.25) is 0 Å². The Morgan fingerprint density at radius 3 is 1.75 bits per heavy atom. The molecule has 2 heterocycles. The fourth-order valence-corrected chi connectivity index (χ4v) is 2.56. The van der Waals surface area contributed by atoms with Crippen molar-refractivity contribution in [3.63, 3.8) is 0 Å². The normalized spacial score (nSPS) is 14.0. The number of ether oxygens (including phenoxy) is 3. The van der Waals surface area contributed by atoms with E-state index in [0.717, 1.165) is 0 Å². The number of benzene rings is 2. The fraction of sp³-hybridized carbons (Fsp3) is 0.333. The zero-order valence-corrected chi connectivity index (χ0v) is 18.3. The predicted octanol–water partition coefficient (Wildman–Crippen LogP) is 4.13. The molecule has 0 fully saturated rings. The highest BCUT2D eigenvalue weighted by molar-refractivity contribution is 5.95. The largest absolute Gasteiger partial charge is 0.478 e.